The first-order valence-electron chi connectivity index (χ1n) is 4.78. The van der Waals surface area contributed by atoms with E-state index in [2.05, 4.69) is 10.3 Å². The first kappa shape index (κ1) is 11.5. The first-order chi connectivity index (χ1) is 8.06. The molecule has 0 aliphatic heterocycles. The van der Waals surface area contributed by atoms with Gasteiger partial charge in [0, 0.05) is 0 Å². The highest BCUT2D eigenvalue weighted by molar-refractivity contribution is 7.17. The fraction of sp³-hybridized carbons (Fsp3) is 0.0909. The molecule has 17 heavy (non-hydrogen) atoms. The summed E-state index contributed by atoms with van der Waals surface area (Å²) in [6, 6.07) is 4.64. The lowest BCUT2D eigenvalue weighted by Gasteiger charge is -2.04. The Balaban J connectivity index is 2.25. The molecule has 4 nitrogen and oxygen atoms in total. The van der Waals surface area contributed by atoms with E-state index in [1.165, 1.54) is 12.3 Å². The Labute approximate surface area is 101 Å². The number of halogens is 1. The van der Waals surface area contributed by atoms with Crippen molar-refractivity contribution in [3.63, 3.8) is 0 Å². The van der Waals surface area contributed by atoms with E-state index in [-0.39, 0.29) is 10.6 Å². The fourth-order valence-electron chi connectivity index (χ4n) is 1.28. The summed E-state index contributed by atoms with van der Waals surface area (Å²) in [5.74, 6) is -1.44. The summed E-state index contributed by atoms with van der Waals surface area (Å²) in [4.78, 5) is 14.6. The van der Waals surface area contributed by atoms with E-state index in [0.29, 0.717) is 5.13 Å². The Kier molecular flexibility index (Phi) is 3.06. The van der Waals surface area contributed by atoms with E-state index in [0.717, 1.165) is 16.9 Å². The number of carboxylic acid groups (broad SMARTS) is 1. The van der Waals surface area contributed by atoms with Crippen molar-refractivity contribution in [1.82, 2.24) is 4.98 Å². The van der Waals surface area contributed by atoms with Gasteiger partial charge in [0.2, 0.25) is 0 Å². The number of benzene rings is 1. The molecule has 0 aliphatic carbocycles. The molecule has 6 heteroatoms. The van der Waals surface area contributed by atoms with Crippen LogP contribution in [0.5, 0.6) is 0 Å². The third-order valence-corrected chi connectivity index (χ3v) is 2.98. The summed E-state index contributed by atoms with van der Waals surface area (Å²) in [5.41, 5.74) is 1.19. The SMILES string of the molecule is Cc1ccc(F)c(Nc2ncc(C(=O)O)s2)c1. The smallest absolute Gasteiger partial charge is 0.347 e. The fourth-order valence-corrected chi connectivity index (χ4v) is 1.95. The van der Waals surface area contributed by atoms with Crippen LogP contribution < -0.4 is 5.32 Å². The van der Waals surface area contributed by atoms with Gasteiger partial charge >= 0.3 is 5.97 Å². The molecule has 2 N–H and O–H groups in total. The molecule has 0 spiro atoms. The zero-order valence-electron chi connectivity index (χ0n) is 8.90. The molecule has 0 saturated heterocycles. The van der Waals surface area contributed by atoms with Gasteiger partial charge in [-0.15, -0.1) is 0 Å². The predicted molar refractivity (Wildman–Crippen MR) is 63.5 cm³/mol. The van der Waals surface area contributed by atoms with E-state index < -0.39 is 11.8 Å². The predicted octanol–water partition coefficient (Wildman–Crippen LogP) is 3.03. The van der Waals surface area contributed by atoms with Crippen molar-refractivity contribution in [2.75, 3.05) is 5.32 Å². The number of anilines is 2. The number of carbonyl (C=O) groups is 1. The van der Waals surface area contributed by atoms with Crippen LogP contribution in [0.15, 0.2) is 24.4 Å². The standard InChI is InChI=1S/C11H9FN2O2S/c1-6-2-3-7(12)8(4-6)14-11-13-5-9(17-11)10(15)16/h2-5H,1H3,(H,13,14)(H,15,16). The van der Waals surface area contributed by atoms with Crippen LogP contribution in [0.25, 0.3) is 0 Å². The van der Waals surface area contributed by atoms with Gasteiger partial charge in [-0.05, 0) is 24.6 Å². The zero-order chi connectivity index (χ0) is 12.4. The molecule has 0 fully saturated rings. The third kappa shape index (κ3) is 2.59. The zero-order valence-corrected chi connectivity index (χ0v) is 9.71. The minimum Gasteiger partial charge on any atom is -0.477 e. The van der Waals surface area contributed by atoms with Crippen LogP contribution >= 0.6 is 11.3 Å². The summed E-state index contributed by atoms with van der Waals surface area (Å²) in [6.45, 7) is 1.84. The van der Waals surface area contributed by atoms with Crippen LogP contribution in [0, 0.1) is 12.7 Å². The Hall–Kier alpha value is -1.95. The van der Waals surface area contributed by atoms with Crippen molar-refractivity contribution in [3.05, 3.63) is 40.7 Å². The number of thiazole rings is 1. The van der Waals surface area contributed by atoms with Crippen LogP contribution in [0.4, 0.5) is 15.2 Å². The van der Waals surface area contributed by atoms with Crippen LogP contribution in [0.3, 0.4) is 0 Å². The topological polar surface area (TPSA) is 62.2 Å². The lowest BCUT2D eigenvalue weighted by molar-refractivity contribution is 0.0702. The second-order valence-electron chi connectivity index (χ2n) is 3.44. The number of hydrogen-bond donors (Lipinski definition) is 2. The number of aryl methyl sites for hydroxylation is 1. The molecule has 0 bridgehead atoms. The van der Waals surface area contributed by atoms with E-state index >= 15 is 0 Å². The van der Waals surface area contributed by atoms with Crippen LogP contribution in [0.2, 0.25) is 0 Å². The molecule has 1 aromatic heterocycles. The number of hydrogen-bond acceptors (Lipinski definition) is 4. The summed E-state index contributed by atoms with van der Waals surface area (Å²) in [6.07, 6.45) is 1.24. The molecule has 88 valence electrons. The summed E-state index contributed by atoms with van der Waals surface area (Å²) in [7, 11) is 0. The molecule has 0 aliphatic rings. The van der Waals surface area contributed by atoms with Crippen molar-refractivity contribution in [2.24, 2.45) is 0 Å². The molecule has 2 aromatic rings. The van der Waals surface area contributed by atoms with Gasteiger partial charge in [-0.25, -0.2) is 14.2 Å². The van der Waals surface area contributed by atoms with Gasteiger partial charge in [-0.1, -0.05) is 17.4 Å². The Morgan fingerprint density at radius 1 is 1.53 bits per heavy atom. The molecule has 2 rings (SSSR count). The number of aromatic carboxylic acids is 1. The monoisotopic (exact) mass is 252 g/mol. The highest BCUT2D eigenvalue weighted by Crippen LogP contribution is 2.24. The van der Waals surface area contributed by atoms with Gasteiger partial charge in [0.15, 0.2) is 5.13 Å². The number of nitrogens with one attached hydrogen (secondary N) is 1. The normalized spacial score (nSPS) is 10.2. The molecule has 0 radical (unpaired) electrons. The summed E-state index contributed by atoms with van der Waals surface area (Å²) >= 11 is 0.962. The van der Waals surface area contributed by atoms with Crippen molar-refractivity contribution < 1.29 is 14.3 Å². The van der Waals surface area contributed by atoms with Crippen molar-refractivity contribution in [3.8, 4) is 0 Å². The van der Waals surface area contributed by atoms with Crippen LogP contribution in [-0.2, 0) is 0 Å². The van der Waals surface area contributed by atoms with Crippen molar-refractivity contribution in [1.29, 1.82) is 0 Å². The molecule has 0 saturated carbocycles. The second-order valence-corrected chi connectivity index (χ2v) is 4.47. The lowest BCUT2D eigenvalue weighted by Crippen LogP contribution is -1.93. The number of rotatable bonds is 3. The maximum Gasteiger partial charge on any atom is 0.347 e. The number of nitrogens with zero attached hydrogens (tertiary/aromatic N) is 1. The van der Waals surface area contributed by atoms with E-state index in [1.807, 2.05) is 6.92 Å². The van der Waals surface area contributed by atoms with Gasteiger partial charge in [-0.2, -0.15) is 0 Å². The average Bonchev–Trinajstić information content (AvgIpc) is 2.72. The molecule has 0 amide bonds. The Morgan fingerprint density at radius 2 is 2.29 bits per heavy atom. The average molecular weight is 252 g/mol. The van der Waals surface area contributed by atoms with Gasteiger partial charge < -0.3 is 10.4 Å². The first-order valence-corrected chi connectivity index (χ1v) is 5.60. The molecule has 0 unspecified atom stereocenters. The Morgan fingerprint density at radius 3 is 2.94 bits per heavy atom. The minimum absolute atomic E-state index is 0.112. The molecule has 0 atom stereocenters. The van der Waals surface area contributed by atoms with Gasteiger partial charge in [0.1, 0.15) is 10.7 Å². The number of carboxylic acids is 1. The van der Waals surface area contributed by atoms with Gasteiger partial charge in [0.05, 0.1) is 11.9 Å². The largest absolute Gasteiger partial charge is 0.477 e. The third-order valence-electron chi connectivity index (χ3n) is 2.08. The highest BCUT2D eigenvalue weighted by atomic mass is 32.1. The number of aromatic nitrogens is 1. The van der Waals surface area contributed by atoms with E-state index in [4.69, 9.17) is 5.11 Å². The minimum atomic E-state index is -1.04. The van der Waals surface area contributed by atoms with Crippen molar-refractivity contribution >= 4 is 28.1 Å². The molecule has 1 aromatic carbocycles. The highest BCUT2D eigenvalue weighted by Gasteiger charge is 2.10. The summed E-state index contributed by atoms with van der Waals surface area (Å²) < 4.78 is 13.4. The maximum atomic E-state index is 13.4. The van der Waals surface area contributed by atoms with Crippen LogP contribution in [-0.4, -0.2) is 16.1 Å². The quantitative estimate of drug-likeness (QED) is 0.881. The van der Waals surface area contributed by atoms with Crippen LogP contribution in [0.1, 0.15) is 15.2 Å². The molecular formula is C11H9FN2O2S. The van der Waals surface area contributed by atoms with Gasteiger partial charge in [-0.3, -0.25) is 0 Å². The molecular weight excluding hydrogens is 243 g/mol. The maximum absolute atomic E-state index is 13.4. The lowest BCUT2D eigenvalue weighted by atomic mass is 10.2. The van der Waals surface area contributed by atoms with E-state index in [1.54, 1.807) is 12.1 Å². The Bertz CT molecular complexity index is 568. The summed E-state index contributed by atoms with van der Waals surface area (Å²) in [5, 5.41) is 11.8. The second kappa shape index (κ2) is 4.50. The van der Waals surface area contributed by atoms with Crippen molar-refractivity contribution in [2.45, 2.75) is 6.92 Å². The van der Waals surface area contributed by atoms with Gasteiger partial charge in [0.25, 0.3) is 0 Å². The van der Waals surface area contributed by atoms with E-state index in [9.17, 15) is 9.18 Å². The molecule has 1 heterocycles.